The summed E-state index contributed by atoms with van der Waals surface area (Å²) < 4.78 is 0. The molecule has 1 amide bonds. The lowest BCUT2D eigenvalue weighted by atomic mass is 9.77. The topological polar surface area (TPSA) is 99.5 Å². The second kappa shape index (κ2) is 5.48. The molecule has 3 N–H and O–H groups in total. The third-order valence-corrected chi connectivity index (χ3v) is 3.93. The van der Waals surface area contributed by atoms with Crippen LogP contribution in [0.3, 0.4) is 0 Å². The van der Waals surface area contributed by atoms with E-state index in [0.717, 1.165) is 19.0 Å². The molecule has 0 aliphatic heterocycles. The summed E-state index contributed by atoms with van der Waals surface area (Å²) in [5, 5.41) is 21.6. The molecule has 108 valence electrons. The van der Waals surface area contributed by atoms with Crippen molar-refractivity contribution in [2.24, 2.45) is 5.92 Å². The number of amides is 1. The van der Waals surface area contributed by atoms with Crippen molar-refractivity contribution >= 4 is 11.9 Å². The highest BCUT2D eigenvalue weighted by Crippen LogP contribution is 2.32. The number of nitrogens with zero attached hydrogens (tertiary/aromatic N) is 1. The summed E-state index contributed by atoms with van der Waals surface area (Å²) in [6, 6.07) is 1.37. The minimum Gasteiger partial charge on any atom is -0.505 e. The number of carboxylic acid groups (broad SMARTS) is 1. The number of hydrogen-bond acceptors (Lipinski definition) is 4. The number of pyridine rings is 1. The lowest BCUT2D eigenvalue weighted by molar-refractivity contribution is -0.146. The summed E-state index contributed by atoms with van der Waals surface area (Å²) in [4.78, 5) is 27.4. The Bertz CT molecular complexity index is 522. The molecule has 0 aromatic carbocycles. The Hall–Kier alpha value is -2.11. The van der Waals surface area contributed by atoms with E-state index in [4.69, 9.17) is 0 Å². The van der Waals surface area contributed by atoms with Crippen LogP contribution in [-0.2, 0) is 4.79 Å². The maximum absolute atomic E-state index is 12.2. The molecule has 0 bridgehead atoms. The van der Waals surface area contributed by atoms with E-state index in [2.05, 4.69) is 17.2 Å². The number of aliphatic carboxylic acids is 1. The summed E-state index contributed by atoms with van der Waals surface area (Å²) in [6.07, 6.45) is 4.86. The van der Waals surface area contributed by atoms with Gasteiger partial charge in [0.1, 0.15) is 11.3 Å². The quantitative estimate of drug-likeness (QED) is 0.779. The predicted octanol–water partition coefficient (Wildman–Crippen LogP) is 1.55. The van der Waals surface area contributed by atoms with Crippen LogP contribution < -0.4 is 5.32 Å². The molecule has 1 saturated carbocycles. The van der Waals surface area contributed by atoms with Crippen molar-refractivity contribution in [3.05, 3.63) is 24.0 Å². The van der Waals surface area contributed by atoms with Crippen molar-refractivity contribution in [2.45, 2.75) is 38.1 Å². The van der Waals surface area contributed by atoms with Crippen molar-refractivity contribution in [1.82, 2.24) is 10.3 Å². The van der Waals surface area contributed by atoms with Gasteiger partial charge in [0.05, 0.1) is 11.8 Å². The van der Waals surface area contributed by atoms with E-state index in [0.29, 0.717) is 18.8 Å². The van der Waals surface area contributed by atoms with E-state index in [1.54, 1.807) is 0 Å². The zero-order valence-corrected chi connectivity index (χ0v) is 11.3. The van der Waals surface area contributed by atoms with Gasteiger partial charge in [0, 0.05) is 6.20 Å². The summed E-state index contributed by atoms with van der Waals surface area (Å²) in [7, 11) is 0. The van der Waals surface area contributed by atoms with Crippen LogP contribution in [0.1, 0.15) is 43.0 Å². The molecule has 20 heavy (non-hydrogen) atoms. The number of aromatic nitrogens is 1. The summed E-state index contributed by atoms with van der Waals surface area (Å²) in [5.41, 5.74) is -1.20. The molecular formula is C14H18N2O4. The van der Waals surface area contributed by atoms with Crippen LogP contribution in [0.4, 0.5) is 0 Å². The zero-order valence-electron chi connectivity index (χ0n) is 11.3. The molecule has 1 fully saturated rings. The first-order valence-corrected chi connectivity index (χ1v) is 6.63. The molecule has 0 radical (unpaired) electrons. The first kappa shape index (κ1) is 14.3. The number of hydrogen-bond donors (Lipinski definition) is 3. The number of nitrogens with one attached hydrogen (secondary N) is 1. The first-order valence-electron chi connectivity index (χ1n) is 6.63. The van der Waals surface area contributed by atoms with Gasteiger partial charge in [0.25, 0.3) is 5.91 Å². The third-order valence-electron chi connectivity index (χ3n) is 3.93. The highest BCUT2D eigenvalue weighted by atomic mass is 16.4. The van der Waals surface area contributed by atoms with Gasteiger partial charge < -0.3 is 15.5 Å². The Labute approximate surface area is 116 Å². The van der Waals surface area contributed by atoms with Gasteiger partial charge in [0.2, 0.25) is 0 Å². The molecule has 1 aromatic rings. The molecule has 6 nitrogen and oxygen atoms in total. The molecule has 1 heterocycles. The number of carbonyl (C=O) groups excluding carboxylic acids is 1. The van der Waals surface area contributed by atoms with Gasteiger partial charge in [-0.3, -0.25) is 9.78 Å². The fourth-order valence-corrected chi connectivity index (χ4v) is 2.51. The van der Waals surface area contributed by atoms with Crippen molar-refractivity contribution in [2.75, 3.05) is 0 Å². The third kappa shape index (κ3) is 2.74. The zero-order chi connectivity index (χ0) is 14.8. The molecule has 1 aliphatic carbocycles. The second-order valence-corrected chi connectivity index (χ2v) is 5.42. The number of carboxylic acids is 1. The lowest BCUT2D eigenvalue weighted by Crippen LogP contribution is -2.56. The highest BCUT2D eigenvalue weighted by molar-refractivity contribution is 5.99. The normalized spacial score (nSPS) is 25.9. The highest BCUT2D eigenvalue weighted by Gasteiger charge is 2.42. The Balaban J connectivity index is 2.19. The van der Waals surface area contributed by atoms with Gasteiger partial charge in [-0.25, -0.2) is 4.79 Å². The van der Waals surface area contributed by atoms with E-state index in [1.807, 2.05) is 0 Å². The number of rotatable bonds is 3. The SMILES string of the molecule is CC1CCC(NC(=O)c2ccncc2O)(C(=O)O)CC1. The van der Waals surface area contributed by atoms with E-state index in [-0.39, 0.29) is 11.3 Å². The molecule has 1 aromatic heterocycles. The second-order valence-electron chi connectivity index (χ2n) is 5.42. The van der Waals surface area contributed by atoms with Crippen molar-refractivity contribution in [3.8, 4) is 5.75 Å². The Kier molecular flexibility index (Phi) is 3.92. The molecule has 2 rings (SSSR count). The van der Waals surface area contributed by atoms with Crippen LogP contribution in [0.15, 0.2) is 18.5 Å². The minimum atomic E-state index is -1.24. The maximum Gasteiger partial charge on any atom is 0.329 e. The summed E-state index contributed by atoms with van der Waals surface area (Å²) >= 11 is 0. The van der Waals surface area contributed by atoms with Gasteiger partial charge in [-0.05, 0) is 37.7 Å². The van der Waals surface area contributed by atoms with E-state index < -0.39 is 17.4 Å². The van der Waals surface area contributed by atoms with Crippen molar-refractivity contribution < 1.29 is 19.8 Å². The Morgan fingerprint density at radius 3 is 2.60 bits per heavy atom. The van der Waals surface area contributed by atoms with Crippen molar-refractivity contribution in [3.63, 3.8) is 0 Å². The largest absolute Gasteiger partial charge is 0.505 e. The predicted molar refractivity (Wildman–Crippen MR) is 71.4 cm³/mol. The molecule has 0 saturated heterocycles. The average Bonchev–Trinajstić information content (AvgIpc) is 2.41. The number of aromatic hydroxyl groups is 1. The molecule has 6 heteroatoms. The average molecular weight is 278 g/mol. The molecule has 0 atom stereocenters. The van der Waals surface area contributed by atoms with Gasteiger partial charge >= 0.3 is 5.97 Å². The van der Waals surface area contributed by atoms with Crippen LogP contribution in [0.2, 0.25) is 0 Å². The lowest BCUT2D eigenvalue weighted by Gasteiger charge is -2.36. The van der Waals surface area contributed by atoms with E-state index in [1.165, 1.54) is 12.3 Å². The summed E-state index contributed by atoms with van der Waals surface area (Å²) in [5.74, 6) is -1.39. The van der Waals surface area contributed by atoms with Crippen LogP contribution in [0, 0.1) is 5.92 Å². The van der Waals surface area contributed by atoms with Crippen molar-refractivity contribution in [1.29, 1.82) is 0 Å². The van der Waals surface area contributed by atoms with Gasteiger partial charge in [0.15, 0.2) is 0 Å². The molecule has 0 unspecified atom stereocenters. The number of carbonyl (C=O) groups is 2. The van der Waals surface area contributed by atoms with Gasteiger partial charge in [-0.15, -0.1) is 0 Å². The standard InChI is InChI=1S/C14H18N2O4/c1-9-2-5-14(6-3-9,13(19)20)16-12(18)10-4-7-15-8-11(10)17/h4,7-9,17H,2-3,5-6H2,1H3,(H,16,18)(H,19,20). The smallest absolute Gasteiger partial charge is 0.329 e. The monoisotopic (exact) mass is 278 g/mol. The fourth-order valence-electron chi connectivity index (χ4n) is 2.51. The minimum absolute atomic E-state index is 0.0410. The molecule has 1 aliphatic rings. The summed E-state index contributed by atoms with van der Waals surface area (Å²) in [6.45, 7) is 2.07. The van der Waals surface area contributed by atoms with E-state index >= 15 is 0 Å². The van der Waals surface area contributed by atoms with E-state index in [9.17, 15) is 19.8 Å². The maximum atomic E-state index is 12.2. The van der Waals surface area contributed by atoms with Gasteiger partial charge in [-0.1, -0.05) is 6.92 Å². The molecular weight excluding hydrogens is 260 g/mol. The molecule has 0 spiro atoms. The van der Waals surface area contributed by atoms with Crippen LogP contribution in [0.25, 0.3) is 0 Å². The first-order chi connectivity index (χ1) is 9.44. The Morgan fingerprint density at radius 2 is 2.05 bits per heavy atom. The van der Waals surface area contributed by atoms with Crippen LogP contribution >= 0.6 is 0 Å². The van der Waals surface area contributed by atoms with Crippen LogP contribution in [0.5, 0.6) is 5.75 Å². The Morgan fingerprint density at radius 1 is 1.40 bits per heavy atom. The van der Waals surface area contributed by atoms with Crippen LogP contribution in [-0.4, -0.2) is 32.6 Å². The van der Waals surface area contributed by atoms with Gasteiger partial charge in [-0.2, -0.15) is 0 Å². The fraction of sp³-hybridized carbons (Fsp3) is 0.500.